The van der Waals surface area contributed by atoms with Gasteiger partial charge in [0.25, 0.3) is 0 Å². The van der Waals surface area contributed by atoms with E-state index in [1.165, 1.54) is 0 Å². The van der Waals surface area contributed by atoms with Gasteiger partial charge in [0.05, 0.1) is 0 Å². The van der Waals surface area contributed by atoms with Gasteiger partial charge >= 0.3 is 6.03 Å². The third-order valence-electron chi connectivity index (χ3n) is 7.49. The van der Waals surface area contributed by atoms with Gasteiger partial charge in [-0.05, 0) is 57.4 Å². The molecule has 9 heteroatoms. The quantitative estimate of drug-likeness (QED) is 0.219. The maximum atomic E-state index is 13.0. The van der Waals surface area contributed by atoms with Gasteiger partial charge in [-0.2, -0.15) is 0 Å². The lowest BCUT2D eigenvalue weighted by atomic mass is 9.90. The van der Waals surface area contributed by atoms with Gasteiger partial charge in [0.1, 0.15) is 12.4 Å². The van der Waals surface area contributed by atoms with Crippen molar-refractivity contribution in [2.75, 3.05) is 47.4 Å². The number of allylic oxidation sites excluding steroid dienone is 2. The van der Waals surface area contributed by atoms with Gasteiger partial charge in [0, 0.05) is 70.1 Å². The smallest absolute Gasteiger partial charge is 0.317 e. The lowest BCUT2D eigenvalue weighted by Gasteiger charge is -2.20. The molecule has 1 aromatic rings. The minimum Gasteiger partial charge on any atom is -0.391 e. The summed E-state index contributed by atoms with van der Waals surface area (Å²) in [5.74, 6) is 0.225. The normalized spacial score (nSPS) is 13.9. The predicted octanol–water partition coefficient (Wildman–Crippen LogP) is 4.32. The number of likely N-dealkylation sites (N-methyl/N-ethyl adjacent to an activating group) is 1. The molecule has 3 amide bonds. The summed E-state index contributed by atoms with van der Waals surface area (Å²) in [6, 6.07) is 7.33. The van der Waals surface area contributed by atoms with Crippen molar-refractivity contribution >= 4 is 23.5 Å². The highest BCUT2D eigenvalue weighted by atomic mass is 16.5. The van der Waals surface area contributed by atoms with Crippen molar-refractivity contribution in [3.8, 4) is 0 Å². The Balaban J connectivity index is 1.63. The van der Waals surface area contributed by atoms with E-state index in [0.29, 0.717) is 38.2 Å². The first kappa shape index (κ1) is 33.0. The molecule has 0 radical (unpaired) electrons. The molecule has 1 aliphatic rings. The molecule has 0 aromatic heterocycles. The molecule has 2 rings (SSSR count). The summed E-state index contributed by atoms with van der Waals surface area (Å²) in [4.78, 5) is 52.1. The molecule has 1 aromatic carbocycles. The lowest BCUT2D eigenvalue weighted by Crippen LogP contribution is -2.38. The van der Waals surface area contributed by atoms with Crippen LogP contribution in [-0.4, -0.2) is 80.8 Å². The van der Waals surface area contributed by atoms with Gasteiger partial charge in [0.15, 0.2) is 5.78 Å². The molecule has 9 nitrogen and oxygen atoms in total. The molecule has 1 aliphatic carbocycles. The number of ether oxygens (including phenoxy) is 1. The average molecular weight is 557 g/mol. The molecule has 222 valence electrons. The summed E-state index contributed by atoms with van der Waals surface area (Å²) >= 11 is 0. The number of nitrogens with one attached hydrogen (secondary N) is 2. The second-order valence-corrected chi connectivity index (χ2v) is 10.8. The second-order valence-electron chi connectivity index (χ2n) is 10.8. The Labute approximate surface area is 239 Å². The van der Waals surface area contributed by atoms with Crippen LogP contribution in [0.15, 0.2) is 35.5 Å². The van der Waals surface area contributed by atoms with Crippen molar-refractivity contribution in [2.45, 2.75) is 71.8 Å². The van der Waals surface area contributed by atoms with E-state index in [2.05, 4.69) is 10.6 Å². The largest absolute Gasteiger partial charge is 0.391 e. The van der Waals surface area contributed by atoms with Crippen LogP contribution in [0.25, 0.3) is 0 Å². The third-order valence-corrected chi connectivity index (χ3v) is 7.49. The van der Waals surface area contributed by atoms with E-state index in [1.54, 1.807) is 30.8 Å². The van der Waals surface area contributed by atoms with E-state index in [1.807, 2.05) is 38.2 Å². The van der Waals surface area contributed by atoms with Gasteiger partial charge in [0.2, 0.25) is 5.91 Å². The summed E-state index contributed by atoms with van der Waals surface area (Å²) in [5, 5.41) is 6.07. The number of nitrogens with zero attached hydrogens (tertiary/aromatic N) is 2. The number of Topliss-reactive ketones (excluding diaryl/α,β-unsaturated/α-hetero) is 2. The van der Waals surface area contributed by atoms with E-state index in [-0.39, 0.29) is 36.0 Å². The fourth-order valence-corrected chi connectivity index (χ4v) is 4.61. The van der Waals surface area contributed by atoms with Crippen LogP contribution in [0.2, 0.25) is 0 Å². The van der Waals surface area contributed by atoms with Crippen LogP contribution in [0.5, 0.6) is 0 Å². The number of hydrogen-bond donors (Lipinski definition) is 2. The maximum absolute atomic E-state index is 13.0. The Hall–Kier alpha value is -3.20. The highest BCUT2D eigenvalue weighted by Crippen LogP contribution is 2.26. The van der Waals surface area contributed by atoms with Crippen LogP contribution in [0.3, 0.4) is 0 Å². The lowest BCUT2D eigenvalue weighted by molar-refractivity contribution is -0.135. The highest BCUT2D eigenvalue weighted by molar-refractivity contribution is 6.09. The van der Waals surface area contributed by atoms with Crippen LogP contribution in [0, 0.1) is 5.92 Å². The Morgan fingerprint density at radius 1 is 0.975 bits per heavy atom. The topological polar surface area (TPSA) is 108 Å². The van der Waals surface area contributed by atoms with Gasteiger partial charge in [-0.15, -0.1) is 0 Å². The number of unbranched alkanes of at least 4 members (excludes halogenated alkanes) is 1. The van der Waals surface area contributed by atoms with Crippen LogP contribution < -0.4 is 10.6 Å². The minimum atomic E-state index is -0.138. The number of urea groups is 1. The molecule has 0 heterocycles. The zero-order valence-corrected chi connectivity index (χ0v) is 25.0. The SMILES string of the molecule is CNC1=C(C(=O)c2ccc(CN(C)C(=O)COCCCN(C)C(=O)NCCCCC(C)C(C)=O)cc2)CCCC1. The van der Waals surface area contributed by atoms with E-state index < -0.39 is 0 Å². The van der Waals surface area contributed by atoms with Crippen LogP contribution in [-0.2, 0) is 20.9 Å². The van der Waals surface area contributed by atoms with Crippen molar-refractivity contribution in [1.82, 2.24) is 20.4 Å². The van der Waals surface area contributed by atoms with E-state index in [4.69, 9.17) is 4.74 Å². The monoisotopic (exact) mass is 556 g/mol. The number of amides is 3. The van der Waals surface area contributed by atoms with Crippen molar-refractivity contribution in [2.24, 2.45) is 5.92 Å². The van der Waals surface area contributed by atoms with Crippen LogP contribution >= 0.6 is 0 Å². The predicted molar refractivity (Wildman–Crippen MR) is 157 cm³/mol. The first-order chi connectivity index (χ1) is 19.1. The molecule has 2 N–H and O–H groups in total. The Morgan fingerprint density at radius 2 is 1.68 bits per heavy atom. The van der Waals surface area contributed by atoms with Crippen molar-refractivity contribution < 1.29 is 23.9 Å². The molecule has 0 spiro atoms. The molecule has 0 saturated carbocycles. The van der Waals surface area contributed by atoms with Crippen molar-refractivity contribution in [3.63, 3.8) is 0 Å². The van der Waals surface area contributed by atoms with Crippen LogP contribution in [0.1, 0.15) is 81.1 Å². The van der Waals surface area contributed by atoms with E-state index in [9.17, 15) is 19.2 Å². The van der Waals surface area contributed by atoms with E-state index in [0.717, 1.165) is 61.8 Å². The summed E-state index contributed by atoms with van der Waals surface area (Å²) in [7, 11) is 5.34. The summed E-state index contributed by atoms with van der Waals surface area (Å²) in [6.45, 7) is 5.43. The first-order valence-corrected chi connectivity index (χ1v) is 14.5. The Kier molecular flexibility index (Phi) is 14.4. The first-order valence-electron chi connectivity index (χ1n) is 14.5. The zero-order valence-electron chi connectivity index (χ0n) is 25.0. The summed E-state index contributed by atoms with van der Waals surface area (Å²) in [5.41, 5.74) is 3.54. The maximum Gasteiger partial charge on any atom is 0.317 e. The number of rotatable bonds is 17. The Morgan fingerprint density at radius 3 is 2.35 bits per heavy atom. The minimum absolute atomic E-state index is 0.0252. The molecule has 1 unspecified atom stereocenters. The number of ketones is 2. The van der Waals surface area contributed by atoms with Crippen molar-refractivity contribution in [1.29, 1.82) is 0 Å². The number of carbonyl (C=O) groups is 4. The van der Waals surface area contributed by atoms with Crippen molar-refractivity contribution in [3.05, 3.63) is 46.7 Å². The number of carbonyl (C=O) groups excluding carboxylic acids is 4. The average Bonchev–Trinajstić information content (AvgIpc) is 2.96. The van der Waals surface area contributed by atoms with Crippen LogP contribution in [0.4, 0.5) is 4.79 Å². The molecule has 40 heavy (non-hydrogen) atoms. The van der Waals surface area contributed by atoms with Gasteiger partial charge < -0.3 is 25.2 Å². The number of hydrogen-bond acceptors (Lipinski definition) is 6. The molecule has 0 bridgehead atoms. The second kappa shape index (κ2) is 17.5. The molecular weight excluding hydrogens is 508 g/mol. The molecular formula is C31H48N4O5. The molecule has 0 saturated heterocycles. The Bertz CT molecular complexity index is 1020. The third kappa shape index (κ3) is 11.1. The summed E-state index contributed by atoms with van der Waals surface area (Å²) < 4.78 is 5.54. The van der Waals surface area contributed by atoms with Gasteiger partial charge in [-0.3, -0.25) is 14.4 Å². The molecule has 0 fully saturated rings. The highest BCUT2D eigenvalue weighted by Gasteiger charge is 2.20. The zero-order chi connectivity index (χ0) is 29.5. The summed E-state index contributed by atoms with van der Waals surface area (Å²) in [6.07, 6.45) is 7.08. The van der Waals surface area contributed by atoms with Gasteiger partial charge in [-0.25, -0.2) is 4.79 Å². The number of benzene rings is 1. The fraction of sp³-hybridized carbons (Fsp3) is 0.613. The standard InChI is InChI=1S/C31H48N4O5/c1-23(24(2)36)11-8-9-18-33-31(39)34(4)19-10-20-40-22-29(37)35(5)21-25-14-16-26(17-15-25)30(38)27-12-6-7-13-28(27)32-3/h14-17,23,32H,6-13,18-22H2,1-5H3,(H,33,39). The molecule has 0 aliphatic heterocycles. The fourth-order valence-electron chi connectivity index (χ4n) is 4.61. The van der Waals surface area contributed by atoms with E-state index >= 15 is 0 Å². The van der Waals surface area contributed by atoms with Gasteiger partial charge in [-0.1, -0.05) is 37.6 Å². The molecule has 1 atom stereocenters.